The average Bonchev–Trinajstić information content (AvgIpc) is 2.67. The number of carbonyl (C=O) groups excluding carboxylic acids is 2. The fourth-order valence-corrected chi connectivity index (χ4v) is 4.40. The fraction of sp³-hybridized carbons (Fsp3) is 0.381. The normalized spacial score (nSPS) is 23.3. The monoisotopic (exact) mass is 382 g/mol. The molecule has 1 spiro atoms. The van der Waals surface area contributed by atoms with Crippen molar-refractivity contribution in [2.24, 2.45) is 5.92 Å². The molecule has 1 aliphatic carbocycles. The first-order chi connectivity index (χ1) is 13.4. The maximum absolute atomic E-state index is 12.9. The maximum atomic E-state index is 12.9. The minimum atomic E-state index is -0.660. The van der Waals surface area contributed by atoms with Crippen LogP contribution in [0.1, 0.15) is 33.7 Å². The van der Waals surface area contributed by atoms with Crippen molar-refractivity contribution in [3.63, 3.8) is 0 Å². The largest absolute Gasteiger partial charge is 0.416 e. The van der Waals surface area contributed by atoms with Gasteiger partial charge in [0.25, 0.3) is 5.91 Å². The van der Waals surface area contributed by atoms with E-state index in [2.05, 4.69) is 0 Å². The van der Waals surface area contributed by atoms with Crippen molar-refractivity contribution in [3.05, 3.63) is 64.1 Å². The second kappa shape index (κ2) is 6.91. The zero-order chi connectivity index (χ0) is 19.9. The van der Waals surface area contributed by atoms with Crippen LogP contribution in [0.2, 0.25) is 0 Å². The summed E-state index contributed by atoms with van der Waals surface area (Å²) in [6, 6.07) is 9.77. The zero-order valence-corrected chi connectivity index (χ0v) is 15.9. The Morgan fingerprint density at radius 1 is 1.18 bits per heavy atom. The van der Waals surface area contributed by atoms with Crippen LogP contribution in [0.25, 0.3) is 0 Å². The number of rotatable bonds is 4. The summed E-state index contributed by atoms with van der Waals surface area (Å²) in [5.74, 6) is -0.793. The Balaban J connectivity index is 1.74. The standard InChI is InChI=1S/C21H22N2O5/c1-22-13-21(10-14(11-21)12-27-2)23-9-8-16(24)18(17(23)19(22)25)28-20(26)15-6-4-3-5-7-15/h3-9,14H,10-13H2,1-2H3. The summed E-state index contributed by atoms with van der Waals surface area (Å²) in [5, 5.41) is 0. The summed E-state index contributed by atoms with van der Waals surface area (Å²) in [6.45, 7) is 1.21. The number of nitrogens with zero attached hydrogens (tertiary/aromatic N) is 2. The lowest BCUT2D eigenvalue weighted by atomic mass is 9.67. The molecule has 1 aromatic carbocycles. The summed E-state index contributed by atoms with van der Waals surface area (Å²) in [6.07, 6.45) is 3.31. The van der Waals surface area contributed by atoms with E-state index in [1.807, 2.05) is 4.57 Å². The number of hydrogen-bond acceptors (Lipinski definition) is 5. The van der Waals surface area contributed by atoms with Gasteiger partial charge in [0, 0.05) is 39.6 Å². The highest BCUT2D eigenvalue weighted by molar-refractivity contribution is 5.98. The molecule has 1 aromatic heterocycles. The number of ether oxygens (including phenoxy) is 2. The Morgan fingerprint density at radius 2 is 1.89 bits per heavy atom. The van der Waals surface area contributed by atoms with E-state index >= 15 is 0 Å². The number of fused-ring (bicyclic) bond motifs is 2. The average molecular weight is 382 g/mol. The van der Waals surface area contributed by atoms with Crippen molar-refractivity contribution >= 4 is 11.9 Å². The van der Waals surface area contributed by atoms with E-state index in [1.165, 1.54) is 6.07 Å². The van der Waals surface area contributed by atoms with Gasteiger partial charge in [0.1, 0.15) is 0 Å². The molecule has 0 unspecified atom stereocenters. The number of hydrogen-bond donors (Lipinski definition) is 0. The number of esters is 1. The Hall–Kier alpha value is -2.93. The van der Waals surface area contributed by atoms with Gasteiger partial charge in [-0.2, -0.15) is 0 Å². The van der Waals surface area contributed by atoms with Gasteiger partial charge in [0.05, 0.1) is 11.1 Å². The highest BCUT2D eigenvalue weighted by Gasteiger charge is 2.51. The predicted molar refractivity (Wildman–Crippen MR) is 102 cm³/mol. The number of likely N-dealkylation sites (N-methyl/N-ethyl adjacent to an activating group) is 1. The Labute approximate surface area is 162 Å². The topological polar surface area (TPSA) is 77.8 Å². The van der Waals surface area contributed by atoms with E-state index in [9.17, 15) is 14.4 Å². The molecule has 28 heavy (non-hydrogen) atoms. The third kappa shape index (κ3) is 2.92. The lowest BCUT2D eigenvalue weighted by molar-refractivity contribution is -0.0189. The molecule has 1 fully saturated rings. The first-order valence-corrected chi connectivity index (χ1v) is 9.23. The Kier molecular flexibility index (Phi) is 4.55. The summed E-state index contributed by atoms with van der Waals surface area (Å²) in [5.41, 5.74) is -0.328. The Morgan fingerprint density at radius 3 is 2.57 bits per heavy atom. The van der Waals surface area contributed by atoms with E-state index in [0.717, 1.165) is 12.8 Å². The van der Waals surface area contributed by atoms with E-state index in [0.29, 0.717) is 24.6 Å². The summed E-state index contributed by atoms with van der Waals surface area (Å²) >= 11 is 0. The van der Waals surface area contributed by atoms with Gasteiger partial charge in [0.15, 0.2) is 5.69 Å². The van der Waals surface area contributed by atoms with Crippen LogP contribution in [0.15, 0.2) is 47.4 Å². The highest BCUT2D eigenvalue weighted by atomic mass is 16.5. The van der Waals surface area contributed by atoms with Crippen molar-refractivity contribution in [2.45, 2.75) is 18.4 Å². The smallest absolute Gasteiger partial charge is 0.343 e. The number of aromatic nitrogens is 1. The molecule has 1 saturated carbocycles. The van der Waals surface area contributed by atoms with E-state index in [-0.39, 0.29) is 22.9 Å². The molecule has 146 valence electrons. The minimum absolute atomic E-state index is 0.140. The minimum Gasteiger partial charge on any atom is -0.416 e. The third-order valence-electron chi connectivity index (χ3n) is 5.59. The van der Waals surface area contributed by atoms with Crippen molar-refractivity contribution in [3.8, 4) is 5.75 Å². The SMILES string of the molecule is COCC1CC2(C1)CN(C)C(=O)c1c(OC(=O)c3ccccc3)c(=O)ccn12. The van der Waals surface area contributed by atoms with Crippen LogP contribution in [0, 0.1) is 5.92 Å². The van der Waals surface area contributed by atoms with Gasteiger partial charge in [-0.05, 0) is 30.9 Å². The van der Waals surface area contributed by atoms with Gasteiger partial charge in [0.2, 0.25) is 11.2 Å². The van der Waals surface area contributed by atoms with Crippen LogP contribution in [0.3, 0.4) is 0 Å². The van der Waals surface area contributed by atoms with Gasteiger partial charge in [-0.15, -0.1) is 0 Å². The van der Waals surface area contributed by atoms with Crippen molar-refractivity contribution < 1.29 is 19.1 Å². The molecular formula is C21H22N2O5. The van der Waals surface area contributed by atoms with Crippen molar-refractivity contribution in [2.75, 3.05) is 27.3 Å². The summed E-state index contributed by atoms with van der Waals surface area (Å²) in [4.78, 5) is 39.5. The highest BCUT2D eigenvalue weighted by Crippen LogP contribution is 2.47. The molecule has 1 aliphatic heterocycles. The van der Waals surface area contributed by atoms with E-state index in [1.54, 1.807) is 55.6 Å². The second-order valence-corrected chi connectivity index (χ2v) is 7.60. The number of carbonyl (C=O) groups is 2. The lowest BCUT2D eigenvalue weighted by Crippen LogP contribution is -2.60. The molecule has 0 saturated heterocycles. The van der Waals surface area contributed by atoms with E-state index in [4.69, 9.17) is 9.47 Å². The molecule has 0 radical (unpaired) electrons. The van der Waals surface area contributed by atoms with Gasteiger partial charge in [-0.1, -0.05) is 18.2 Å². The molecule has 7 nitrogen and oxygen atoms in total. The molecule has 4 rings (SSSR count). The number of methoxy groups -OCH3 is 1. The van der Waals surface area contributed by atoms with Crippen LogP contribution in [0.5, 0.6) is 5.75 Å². The first kappa shape index (κ1) is 18.4. The number of amides is 1. The number of benzene rings is 1. The quantitative estimate of drug-likeness (QED) is 0.755. The van der Waals surface area contributed by atoms with Crippen LogP contribution in [0.4, 0.5) is 0 Å². The number of pyridine rings is 1. The van der Waals surface area contributed by atoms with Crippen molar-refractivity contribution in [1.29, 1.82) is 0 Å². The van der Waals surface area contributed by atoms with Crippen LogP contribution < -0.4 is 10.2 Å². The van der Waals surface area contributed by atoms with Crippen molar-refractivity contribution in [1.82, 2.24) is 9.47 Å². The van der Waals surface area contributed by atoms with Gasteiger partial charge in [-0.25, -0.2) is 4.79 Å². The fourth-order valence-electron chi connectivity index (χ4n) is 4.40. The zero-order valence-electron chi connectivity index (χ0n) is 15.9. The molecule has 0 atom stereocenters. The molecule has 7 heteroatoms. The summed E-state index contributed by atoms with van der Waals surface area (Å²) in [7, 11) is 3.38. The summed E-state index contributed by atoms with van der Waals surface area (Å²) < 4.78 is 12.5. The second-order valence-electron chi connectivity index (χ2n) is 7.60. The van der Waals surface area contributed by atoms with Crippen LogP contribution in [-0.4, -0.2) is 48.7 Å². The van der Waals surface area contributed by atoms with Gasteiger partial charge in [-0.3, -0.25) is 9.59 Å². The Bertz CT molecular complexity index is 976. The lowest BCUT2D eigenvalue weighted by Gasteiger charge is -2.54. The van der Waals surface area contributed by atoms with E-state index < -0.39 is 11.4 Å². The van der Waals surface area contributed by atoms with Crippen LogP contribution in [-0.2, 0) is 10.3 Å². The molecule has 2 aromatic rings. The van der Waals surface area contributed by atoms with Crippen LogP contribution >= 0.6 is 0 Å². The molecule has 1 amide bonds. The molecular weight excluding hydrogens is 360 g/mol. The molecule has 2 aliphatic rings. The van der Waals surface area contributed by atoms with Gasteiger partial charge >= 0.3 is 5.97 Å². The predicted octanol–water partition coefficient (Wildman–Crippen LogP) is 1.90. The maximum Gasteiger partial charge on any atom is 0.343 e. The third-order valence-corrected chi connectivity index (χ3v) is 5.59. The molecule has 2 heterocycles. The first-order valence-electron chi connectivity index (χ1n) is 9.23. The van der Waals surface area contributed by atoms with Gasteiger partial charge < -0.3 is 18.9 Å². The molecule has 0 N–H and O–H groups in total. The molecule has 0 bridgehead atoms.